The zero-order chi connectivity index (χ0) is 18.5. The van der Waals surface area contributed by atoms with E-state index in [0.29, 0.717) is 30.1 Å². The molecule has 2 amide bonds. The summed E-state index contributed by atoms with van der Waals surface area (Å²) in [5, 5.41) is 13.8. The summed E-state index contributed by atoms with van der Waals surface area (Å²) in [6.07, 6.45) is 6.30. The van der Waals surface area contributed by atoms with Crippen LogP contribution in [0.3, 0.4) is 0 Å². The Bertz CT molecular complexity index is 894. The largest absolute Gasteiger partial charge is 0.467 e. The van der Waals surface area contributed by atoms with Crippen LogP contribution in [0.4, 0.5) is 5.69 Å². The van der Waals surface area contributed by atoms with Crippen LogP contribution in [-0.4, -0.2) is 31.4 Å². The molecule has 0 aromatic carbocycles. The van der Waals surface area contributed by atoms with Gasteiger partial charge >= 0.3 is 0 Å². The number of nitrogens with one attached hydrogen (secondary N) is 2. The summed E-state index contributed by atoms with van der Waals surface area (Å²) in [7, 11) is 0. The Hall–Kier alpha value is -3.36. The van der Waals surface area contributed by atoms with E-state index in [1.54, 1.807) is 33.9 Å². The van der Waals surface area contributed by atoms with E-state index in [2.05, 4.69) is 20.8 Å². The first kappa shape index (κ1) is 17.5. The Morgan fingerprint density at radius 2 is 1.96 bits per heavy atom. The van der Waals surface area contributed by atoms with Crippen LogP contribution in [0.2, 0.25) is 0 Å². The van der Waals surface area contributed by atoms with Gasteiger partial charge in [0.15, 0.2) is 5.69 Å². The highest BCUT2D eigenvalue weighted by molar-refractivity contribution is 6.08. The minimum atomic E-state index is -0.395. The fraction of sp³-hybridized carbons (Fsp3) is 0.294. The Labute approximate surface area is 150 Å². The van der Waals surface area contributed by atoms with Crippen molar-refractivity contribution >= 4 is 17.5 Å². The Morgan fingerprint density at radius 3 is 2.62 bits per heavy atom. The Morgan fingerprint density at radius 1 is 1.15 bits per heavy atom. The second-order valence-corrected chi connectivity index (χ2v) is 5.55. The Balaban J connectivity index is 1.74. The highest BCUT2D eigenvalue weighted by Crippen LogP contribution is 2.16. The van der Waals surface area contributed by atoms with Crippen molar-refractivity contribution in [2.45, 2.75) is 33.5 Å². The lowest BCUT2D eigenvalue weighted by molar-refractivity contribution is 0.0943. The second kappa shape index (κ2) is 7.68. The van der Waals surface area contributed by atoms with Gasteiger partial charge in [0, 0.05) is 25.5 Å². The van der Waals surface area contributed by atoms with Gasteiger partial charge in [-0.2, -0.15) is 10.2 Å². The summed E-state index contributed by atoms with van der Waals surface area (Å²) in [4.78, 5) is 24.9. The van der Waals surface area contributed by atoms with Crippen molar-refractivity contribution < 1.29 is 14.0 Å². The lowest BCUT2D eigenvalue weighted by atomic mass is 10.3. The van der Waals surface area contributed by atoms with E-state index in [9.17, 15) is 9.59 Å². The number of carbonyl (C=O) groups excluding carboxylic acids is 2. The van der Waals surface area contributed by atoms with Crippen LogP contribution in [0.15, 0.2) is 41.4 Å². The molecular formula is C17H20N6O3. The minimum Gasteiger partial charge on any atom is -0.467 e. The van der Waals surface area contributed by atoms with E-state index in [0.717, 1.165) is 0 Å². The SMILES string of the molecule is CCn1cc(C(=O)Nc2cn(CC)nc2C(=O)NCc2ccco2)cn1. The van der Waals surface area contributed by atoms with Crippen molar-refractivity contribution in [2.24, 2.45) is 0 Å². The number of furan rings is 1. The molecule has 0 atom stereocenters. The zero-order valence-corrected chi connectivity index (χ0v) is 14.6. The van der Waals surface area contributed by atoms with Gasteiger partial charge in [-0.3, -0.25) is 19.0 Å². The number of rotatable bonds is 7. The molecule has 3 rings (SSSR count). The van der Waals surface area contributed by atoms with E-state index < -0.39 is 5.91 Å². The van der Waals surface area contributed by atoms with Crippen LogP contribution < -0.4 is 10.6 Å². The Kier molecular flexibility index (Phi) is 5.16. The lowest BCUT2D eigenvalue weighted by Gasteiger charge is -2.04. The predicted molar refractivity (Wildman–Crippen MR) is 93.6 cm³/mol. The van der Waals surface area contributed by atoms with Crippen molar-refractivity contribution in [3.63, 3.8) is 0 Å². The molecule has 0 fully saturated rings. The molecular weight excluding hydrogens is 336 g/mol. The van der Waals surface area contributed by atoms with Gasteiger partial charge in [0.2, 0.25) is 0 Å². The average molecular weight is 356 g/mol. The van der Waals surface area contributed by atoms with Gasteiger partial charge in [-0.15, -0.1) is 0 Å². The van der Waals surface area contributed by atoms with E-state index in [1.165, 1.54) is 12.5 Å². The summed E-state index contributed by atoms with van der Waals surface area (Å²) in [6, 6.07) is 3.51. The quantitative estimate of drug-likeness (QED) is 0.672. The number of hydrogen-bond acceptors (Lipinski definition) is 5. The lowest BCUT2D eigenvalue weighted by Crippen LogP contribution is -2.25. The third kappa shape index (κ3) is 3.82. The van der Waals surface area contributed by atoms with Gasteiger partial charge in [-0.05, 0) is 26.0 Å². The number of nitrogens with zero attached hydrogens (tertiary/aromatic N) is 4. The smallest absolute Gasteiger partial charge is 0.274 e. The maximum Gasteiger partial charge on any atom is 0.274 e. The molecule has 9 heteroatoms. The standard InChI is InChI=1S/C17H20N6O3/c1-3-22-10-12(8-19-22)16(24)20-14-11-23(4-2)21-15(14)17(25)18-9-13-6-5-7-26-13/h5-8,10-11H,3-4,9H2,1-2H3,(H,18,25)(H,20,24). The highest BCUT2D eigenvalue weighted by Gasteiger charge is 2.19. The van der Waals surface area contributed by atoms with E-state index in [1.807, 2.05) is 13.8 Å². The minimum absolute atomic E-state index is 0.148. The topological polar surface area (TPSA) is 107 Å². The van der Waals surface area contributed by atoms with Crippen molar-refractivity contribution in [3.8, 4) is 0 Å². The van der Waals surface area contributed by atoms with Crippen LogP contribution >= 0.6 is 0 Å². The van der Waals surface area contributed by atoms with Gasteiger partial charge in [-0.1, -0.05) is 0 Å². The monoisotopic (exact) mass is 356 g/mol. The normalized spacial score (nSPS) is 10.7. The molecule has 26 heavy (non-hydrogen) atoms. The molecule has 0 aliphatic carbocycles. The van der Waals surface area contributed by atoms with Crippen molar-refractivity contribution in [3.05, 3.63) is 54.0 Å². The first-order valence-electron chi connectivity index (χ1n) is 8.32. The summed E-state index contributed by atoms with van der Waals surface area (Å²) in [5.41, 5.74) is 0.908. The van der Waals surface area contributed by atoms with Crippen molar-refractivity contribution in [1.82, 2.24) is 24.9 Å². The number of aryl methyl sites for hydroxylation is 2. The molecule has 3 heterocycles. The number of carbonyl (C=O) groups is 2. The average Bonchev–Trinajstić information content (AvgIpc) is 3.39. The first-order chi connectivity index (χ1) is 12.6. The third-order valence-electron chi connectivity index (χ3n) is 3.77. The molecule has 0 saturated carbocycles. The third-order valence-corrected chi connectivity index (χ3v) is 3.77. The molecule has 9 nitrogen and oxygen atoms in total. The number of anilines is 1. The number of aromatic nitrogens is 4. The van der Waals surface area contributed by atoms with E-state index in [4.69, 9.17) is 4.42 Å². The fourth-order valence-corrected chi connectivity index (χ4v) is 2.36. The van der Waals surface area contributed by atoms with Gasteiger partial charge < -0.3 is 15.1 Å². The first-order valence-corrected chi connectivity index (χ1v) is 8.32. The van der Waals surface area contributed by atoms with Crippen LogP contribution in [-0.2, 0) is 19.6 Å². The molecule has 0 aliphatic rings. The van der Waals surface area contributed by atoms with Crippen LogP contribution in [0.25, 0.3) is 0 Å². The van der Waals surface area contributed by atoms with Gasteiger partial charge in [0.25, 0.3) is 11.8 Å². The zero-order valence-electron chi connectivity index (χ0n) is 14.6. The molecule has 0 spiro atoms. The molecule has 0 unspecified atom stereocenters. The number of hydrogen-bond donors (Lipinski definition) is 2. The molecule has 3 aromatic heterocycles. The molecule has 0 radical (unpaired) electrons. The van der Waals surface area contributed by atoms with Crippen LogP contribution in [0, 0.1) is 0 Å². The van der Waals surface area contributed by atoms with E-state index in [-0.39, 0.29) is 18.1 Å². The second-order valence-electron chi connectivity index (χ2n) is 5.55. The van der Waals surface area contributed by atoms with Crippen molar-refractivity contribution in [2.75, 3.05) is 5.32 Å². The maximum absolute atomic E-state index is 12.5. The molecule has 3 aromatic rings. The molecule has 2 N–H and O–H groups in total. The summed E-state index contributed by atoms with van der Waals surface area (Å²) in [5.74, 6) is -0.112. The summed E-state index contributed by atoms with van der Waals surface area (Å²) >= 11 is 0. The maximum atomic E-state index is 12.5. The van der Waals surface area contributed by atoms with Crippen LogP contribution in [0.1, 0.15) is 40.5 Å². The van der Waals surface area contributed by atoms with Gasteiger partial charge in [0.1, 0.15) is 5.76 Å². The molecule has 136 valence electrons. The van der Waals surface area contributed by atoms with Gasteiger partial charge in [0.05, 0.1) is 30.3 Å². The molecule has 0 aliphatic heterocycles. The van der Waals surface area contributed by atoms with Crippen LogP contribution in [0.5, 0.6) is 0 Å². The van der Waals surface area contributed by atoms with Gasteiger partial charge in [-0.25, -0.2) is 0 Å². The molecule has 0 saturated heterocycles. The molecule has 0 bridgehead atoms. The fourth-order valence-electron chi connectivity index (χ4n) is 2.36. The van der Waals surface area contributed by atoms with E-state index >= 15 is 0 Å². The summed E-state index contributed by atoms with van der Waals surface area (Å²) < 4.78 is 8.44. The van der Waals surface area contributed by atoms with Crippen molar-refractivity contribution in [1.29, 1.82) is 0 Å². The predicted octanol–water partition coefficient (Wildman–Crippen LogP) is 1.89. The summed E-state index contributed by atoms with van der Waals surface area (Å²) in [6.45, 7) is 5.31. The number of amides is 2. The highest BCUT2D eigenvalue weighted by atomic mass is 16.3.